The predicted octanol–water partition coefficient (Wildman–Crippen LogP) is 2.03. The minimum Gasteiger partial charge on any atom is -0.0963 e. The molecule has 2 radical (unpaired) electrons. The molecule has 0 saturated heterocycles. The molecule has 0 heterocycles. The van der Waals surface area contributed by atoms with Crippen molar-refractivity contribution < 1.29 is 0 Å². The molecule has 0 atom stereocenters. The van der Waals surface area contributed by atoms with Crippen LogP contribution in [0, 0.1) is 6.92 Å². The summed E-state index contributed by atoms with van der Waals surface area (Å²) in [5, 5.41) is 0. The lowest BCUT2D eigenvalue weighted by Crippen LogP contribution is -2.01. The van der Waals surface area contributed by atoms with Crippen LogP contribution in [-0.2, 0) is 0 Å². The molecule has 0 nitrogen and oxygen atoms in total. The predicted molar refractivity (Wildman–Crippen MR) is 48.3 cm³/mol. The van der Waals surface area contributed by atoms with Gasteiger partial charge in [0.15, 0.2) is 0 Å². The van der Waals surface area contributed by atoms with Crippen molar-refractivity contribution in [1.29, 1.82) is 0 Å². The third-order valence-electron chi connectivity index (χ3n) is 1.28. The van der Waals surface area contributed by atoms with E-state index in [0.29, 0.717) is 0 Å². The molecule has 0 spiro atoms. The van der Waals surface area contributed by atoms with Gasteiger partial charge in [-0.3, -0.25) is 0 Å². The topological polar surface area (TPSA) is 0 Å². The summed E-state index contributed by atoms with van der Waals surface area (Å²) in [6, 6.07) is 5.67. The number of halogens is 1. The zero-order chi connectivity index (χ0) is 7.56. The first-order valence-electron chi connectivity index (χ1n) is 2.89. The Labute approximate surface area is 70.9 Å². The maximum Gasteiger partial charge on any atom is 0.113 e. The molecule has 3 heteroatoms. The van der Waals surface area contributed by atoms with Gasteiger partial charge in [-0.15, -0.1) is 0 Å². The molecule has 0 bridgehead atoms. The Morgan fingerprint density at radius 3 is 2.70 bits per heavy atom. The molecule has 10 heavy (non-hydrogen) atoms. The monoisotopic (exact) mass is 168 g/mol. The van der Waals surface area contributed by atoms with E-state index in [0.717, 1.165) is 15.9 Å². The Kier molecular flexibility index (Phi) is 2.69. The van der Waals surface area contributed by atoms with E-state index < -0.39 is 0 Å². The van der Waals surface area contributed by atoms with E-state index in [1.54, 1.807) is 0 Å². The molecule has 0 unspecified atom stereocenters. The molecule has 0 aromatic heterocycles. The van der Waals surface area contributed by atoms with Gasteiger partial charge in [0.1, 0.15) is 7.85 Å². The molecule has 1 rings (SSSR count). The molecule has 0 aliphatic heterocycles. The van der Waals surface area contributed by atoms with E-state index in [9.17, 15) is 0 Å². The number of hydrogen-bond donors (Lipinski definition) is 0. The van der Waals surface area contributed by atoms with Gasteiger partial charge >= 0.3 is 0 Å². The Bertz CT molecular complexity index is 237. The Morgan fingerprint density at radius 1 is 1.50 bits per heavy atom. The number of aryl methyl sites for hydroxylation is 1. The van der Waals surface area contributed by atoms with Crippen molar-refractivity contribution in [2.75, 3.05) is 0 Å². The van der Waals surface area contributed by atoms with E-state index in [1.807, 2.05) is 25.1 Å². The standard InChI is InChI=1S/C7H6BClS/c1-5-4-6(8)2-3-7(5)10-9/h2-4H,1H3. The highest BCUT2D eigenvalue weighted by Gasteiger charge is 1.95. The van der Waals surface area contributed by atoms with Gasteiger partial charge in [0.25, 0.3) is 0 Å². The van der Waals surface area contributed by atoms with E-state index in [1.165, 1.54) is 11.0 Å². The van der Waals surface area contributed by atoms with Gasteiger partial charge in [-0.05, 0) is 40.2 Å². The van der Waals surface area contributed by atoms with Crippen LogP contribution in [0.25, 0.3) is 0 Å². The third-order valence-corrected chi connectivity index (χ3v) is 2.41. The van der Waals surface area contributed by atoms with Crippen molar-refractivity contribution in [1.82, 2.24) is 0 Å². The highest BCUT2D eigenvalue weighted by atomic mass is 35.7. The lowest BCUT2D eigenvalue weighted by Gasteiger charge is -2.00. The smallest absolute Gasteiger partial charge is 0.0963 e. The van der Waals surface area contributed by atoms with E-state index in [4.69, 9.17) is 18.5 Å². The van der Waals surface area contributed by atoms with Gasteiger partial charge in [-0.2, -0.15) is 0 Å². The van der Waals surface area contributed by atoms with Crippen LogP contribution in [0.1, 0.15) is 5.56 Å². The summed E-state index contributed by atoms with van der Waals surface area (Å²) in [7, 11) is 12.3. The third kappa shape index (κ3) is 1.71. The Morgan fingerprint density at radius 2 is 2.20 bits per heavy atom. The molecule has 0 saturated carbocycles. The van der Waals surface area contributed by atoms with E-state index in [-0.39, 0.29) is 0 Å². The fourth-order valence-electron chi connectivity index (χ4n) is 0.759. The van der Waals surface area contributed by atoms with Crippen LogP contribution < -0.4 is 5.46 Å². The van der Waals surface area contributed by atoms with Crippen LogP contribution in [0.4, 0.5) is 0 Å². The van der Waals surface area contributed by atoms with Crippen molar-refractivity contribution in [3.05, 3.63) is 23.8 Å². The summed E-state index contributed by atoms with van der Waals surface area (Å²) in [5.41, 5.74) is 1.91. The van der Waals surface area contributed by atoms with Crippen molar-refractivity contribution in [3.63, 3.8) is 0 Å². The lowest BCUT2D eigenvalue weighted by molar-refractivity contribution is 1.32. The average molecular weight is 168 g/mol. The summed E-state index contributed by atoms with van der Waals surface area (Å²) >= 11 is 0. The fourth-order valence-corrected chi connectivity index (χ4v) is 1.58. The average Bonchev–Trinajstić information content (AvgIpc) is 1.88. The van der Waals surface area contributed by atoms with Crippen molar-refractivity contribution >= 4 is 35.0 Å². The molecule has 0 fully saturated rings. The molecule has 0 amide bonds. The number of benzene rings is 1. The molecule has 50 valence electrons. The second-order valence-corrected chi connectivity index (χ2v) is 3.16. The first-order valence-corrected chi connectivity index (χ1v) is 4.53. The molecule has 0 N–H and O–H groups in total. The zero-order valence-electron chi connectivity index (χ0n) is 5.60. The van der Waals surface area contributed by atoms with Crippen molar-refractivity contribution in [2.24, 2.45) is 0 Å². The van der Waals surface area contributed by atoms with Crippen molar-refractivity contribution in [2.45, 2.75) is 11.8 Å². The van der Waals surface area contributed by atoms with Crippen molar-refractivity contribution in [3.8, 4) is 0 Å². The summed E-state index contributed by atoms with van der Waals surface area (Å²) in [6.07, 6.45) is 0. The van der Waals surface area contributed by atoms with Crippen LogP contribution in [0.15, 0.2) is 23.1 Å². The lowest BCUT2D eigenvalue weighted by atomic mass is 9.95. The van der Waals surface area contributed by atoms with Gasteiger partial charge in [0.2, 0.25) is 0 Å². The van der Waals surface area contributed by atoms with Crippen LogP contribution in [0.2, 0.25) is 0 Å². The Balaban J connectivity index is 3.07. The maximum absolute atomic E-state index is 5.56. The second-order valence-electron chi connectivity index (χ2n) is 2.10. The molecule has 0 aliphatic carbocycles. The normalized spacial score (nSPS) is 9.80. The van der Waals surface area contributed by atoms with Gasteiger partial charge in [-0.25, -0.2) is 0 Å². The molecule has 1 aromatic carbocycles. The fraction of sp³-hybridized carbons (Fsp3) is 0.143. The molecular formula is C7H6BClS. The van der Waals surface area contributed by atoms with E-state index in [2.05, 4.69) is 0 Å². The zero-order valence-corrected chi connectivity index (χ0v) is 7.17. The first-order chi connectivity index (χ1) is 4.74. The Hall–Kier alpha value is -0.0751. The molecular weight excluding hydrogens is 162 g/mol. The summed E-state index contributed by atoms with van der Waals surface area (Å²) in [5.74, 6) is 0. The van der Waals surface area contributed by atoms with Crippen LogP contribution in [0.3, 0.4) is 0 Å². The molecule has 1 aromatic rings. The van der Waals surface area contributed by atoms with Crippen LogP contribution in [0.5, 0.6) is 0 Å². The minimum atomic E-state index is 0.784. The summed E-state index contributed by atoms with van der Waals surface area (Å²) in [6.45, 7) is 1.99. The van der Waals surface area contributed by atoms with Gasteiger partial charge in [0.05, 0.1) is 0 Å². The minimum absolute atomic E-state index is 0.784. The van der Waals surface area contributed by atoms with Gasteiger partial charge in [0, 0.05) is 4.90 Å². The second kappa shape index (κ2) is 3.36. The quantitative estimate of drug-likeness (QED) is 0.578. The van der Waals surface area contributed by atoms with Crippen LogP contribution in [-0.4, -0.2) is 7.85 Å². The SMILES string of the molecule is [B]c1ccc(SCl)c(C)c1. The maximum atomic E-state index is 5.56. The highest BCUT2D eigenvalue weighted by molar-refractivity contribution is 8.21. The summed E-state index contributed by atoms with van der Waals surface area (Å²) in [4.78, 5) is 1.07. The van der Waals surface area contributed by atoms with E-state index >= 15 is 0 Å². The van der Waals surface area contributed by atoms with Gasteiger partial charge < -0.3 is 0 Å². The number of hydrogen-bond acceptors (Lipinski definition) is 1. The molecule has 0 aliphatic rings. The van der Waals surface area contributed by atoms with Gasteiger partial charge in [-0.1, -0.05) is 17.6 Å². The summed E-state index contributed by atoms with van der Waals surface area (Å²) < 4.78 is 0. The van der Waals surface area contributed by atoms with Crippen LogP contribution >= 0.6 is 21.7 Å². The highest BCUT2D eigenvalue weighted by Crippen LogP contribution is 2.23. The first kappa shape index (κ1) is 8.03. The number of rotatable bonds is 1. The largest absolute Gasteiger partial charge is 0.113 e.